The molecule has 130 valence electrons. The van der Waals surface area contributed by atoms with Gasteiger partial charge in [-0.25, -0.2) is 4.98 Å². The zero-order valence-corrected chi connectivity index (χ0v) is 16.6. The van der Waals surface area contributed by atoms with Crippen molar-refractivity contribution in [1.82, 2.24) is 10.4 Å². The first-order valence-corrected chi connectivity index (χ1v) is 10.1. The Hall–Kier alpha value is -1.18. The van der Waals surface area contributed by atoms with Crippen LogP contribution in [0.15, 0.2) is 41.3 Å². The summed E-state index contributed by atoms with van der Waals surface area (Å²) in [7, 11) is 0. The van der Waals surface area contributed by atoms with Crippen molar-refractivity contribution in [2.45, 2.75) is 11.3 Å². The first-order valence-electron chi connectivity index (χ1n) is 7.20. The topological polar surface area (TPSA) is 54.0 Å². The number of nitrogens with one attached hydrogen (secondary N) is 2. The van der Waals surface area contributed by atoms with Crippen LogP contribution in [0.5, 0.6) is 0 Å². The first-order chi connectivity index (χ1) is 12.0. The molecule has 3 aromatic rings. The lowest BCUT2D eigenvalue weighted by molar-refractivity contribution is -0.120. The van der Waals surface area contributed by atoms with Crippen LogP contribution in [0.1, 0.15) is 6.42 Å². The largest absolute Gasteiger partial charge is 0.273 e. The molecule has 4 nitrogen and oxygen atoms in total. The van der Waals surface area contributed by atoms with E-state index in [1.807, 2.05) is 24.3 Å². The van der Waals surface area contributed by atoms with E-state index in [2.05, 4.69) is 15.8 Å². The number of hydrogen-bond acceptors (Lipinski definition) is 5. The molecule has 0 aliphatic heterocycles. The number of aromatic nitrogens is 1. The van der Waals surface area contributed by atoms with Gasteiger partial charge in [0.1, 0.15) is 5.52 Å². The zero-order chi connectivity index (χ0) is 17.8. The van der Waals surface area contributed by atoms with E-state index in [0.29, 0.717) is 37.9 Å². The van der Waals surface area contributed by atoms with Gasteiger partial charge in [-0.2, -0.15) is 0 Å². The molecule has 1 amide bonds. The smallest absolute Gasteiger partial charge is 0.239 e. The highest BCUT2D eigenvalue weighted by Gasteiger charge is 2.11. The van der Waals surface area contributed by atoms with Crippen molar-refractivity contribution in [1.29, 1.82) is 0 Å². The molecule has 0 aliphatic carbocycles. The van der Waals surface area contributed by atoms with E-state index in [1.54, 1.807) is 23.9 Å². The monoisotopic (exact) mass is 431 g/mol. The highest BCUT2D eigenvalue weighted by Crippen LogP contribution is 2.35. The number of anilines is 1. The van der Waals surface area contributed by atoms with Crippen LogP contribution in [0, 0.1) is 0 Å². The number of nitrogens with zero attached hydrogens (tertiary/aromatic N) is 1. The second kappa shape index (κ2) is 8.47. The number of halogens is 3. The minimum atomic E-state index is -0.127. The van der Waals surface area contributed by atoms with Gasteiger partial charge in [-0.3, -0.25) is 15.6 Å². The predicted octanol–water partition coefficient (Wildman–Crippen LogP) is 5.88. The predicted molar refractivity (Wildman–Crippen MR) is 108 cm³/mol. The number of carbonyl (C=O) groups excluding carboxylic acids is 1. The maximum Gasteiger partial charge on any atom is 0.239 e. The molecular formula is C16H12Cl3N3OS2. The number of thiazole rings is 1. The lowest BCUT2D eigenvalue weighted by Gasteiger charge is -2.05. The normalized spacial score (nSPS) is 10.8. The maximum atomic E-state index is 11.9. The van der Waals surface area contributed by atoms with E-state index >= 15 is 0 Å². The molecule has 0 unspecified atom stereocenters. The van der Waals surface area contributed by atoms with Crippen LogP contribution < -0.4 is 10.9 Å². The quantitative estimate of drug-likeness (QED) is 0.377. The van der Waals surface area contributed by atoms with Gasteiger partial charge in [0.25, 0.3) is 0 Å². The van der Waals surface area contributed by atoms with Crippen LogP contribution in [0.4, 0.5) is 5.13 Å². The molecule has 3 rings (SSSR count). The van der Waals surface area contributed by atoms with Crippen LogP contribution in [0.25, 0.3) is 10.2 Å². The minimum absolute atomic E-state index is 0.127. The van der Waals surface area contributed by atoms with Gasteiger partial charge in [0.15, 0.2) is 0 Å². The molecule has 1 heterocycles. The van der Waals surface area contributed by atoms with Crippen LogP contribution in [-0.2, 0) is 4.79 Å². The summed E-state index contributed by atoms with van der Waals surface area (Å²) in [6, 6.07) is 10.9. The molecule has 9 heteroatoms. The third kappa shape index (κ3) is 4.92. The third-order valence-electron chi connectivity index (χ3n) is 3.17. The molecular weight excluding hydrogens is 421 g/mol. The van der Waals surface area contributed by atoms with Gasteiger partial charge in [-0.15, -0.1) is 11.8 Å². The molecule has 2 N–H and O–H groups in total. The number of fused-ring (bicyclic) bond motifs is 1. The SMILES string of the molecule is O=C(CCSc1ccc(Cl)cc1)NNc1nc2c(Cl)ccc(Cl)c2s1. The number of hydrogen-bond donors (Lipinski definition) is 2. The fraction of sp³-hybridized carbons (Fsp3) is 0.125. The Kier molecular flexibility index (Phi) is 6.30. The Balaban J connectivity index is 1.50. The number of carbonyl (C=O) groups is 1. The van der Waals surface area contributed by atoms with Gasteiger partial charge in [0, 0.05) is 22.1 Å². The highest BCUT2D eigenvalue weighted by atomic mass is 35.5. The highest BCUT2D eigenvalue weighted by molar-refractivity contribution is 7.99. The van der Waals surface area contributed by atoms with Gasteiger partial charge < -0.3 is 0 Å². The summed E-state index contributed by atoms with van der Waals surface area (Å²) in [5.41, 5.74) is 6.06. The van der Waals surface area contributed by atoms with E-state index in [9.17, 15) is 4.79 Å². The molecule has 0 spiro atoms. The zero-order valence-electron chi connectivity index (χ0n) is 12.7. The average molecular weight is 433 g/mol. The van der Waals surface area contributed by atoms with Crippen molar-refractivity contribution in [3.8, 4) is 0 Å². The Bertz CT molecular complexity index is 861. The Morgan fingerprint density at radius 2 is 1.80 bits per heavy atom. The van der Waals surface area contributed by atoms with Crippen LogP contribution in [0.3, 0.4) is 0 Å². The van der Waals surface area contributed by atoms with E-state index in [0.717, 1.165) is 9.60 Å². The molecule has 1 aromatic heterocycles. The van der Waals surface area contributed by atoms with Crippen molar-refractivity contribution in [2.75, 3.05) is 11.2 Å². The summed E-state index contributed by atoms with van der Waals surface area (Å²) in [6.07, 6.45) is 0.368. The van der Waals surface area contributed by atoms with Gasteiger partial charge in [-0.1, -0.05) is 46.1 Å². The summed E-state index contributed by atoms with van der Waals surface area (Å²) in [5, 5.41) is 2.33. The lowest BCUT2D eigenvalue weighted by atomic mass is 10.3. The van der Waals surface area contributed by atoms with Crippen molar-refractivity contribution in [2.24, 2.45) is 0 Å². The Labute approximate surface area is 167 Å². The Morgan fingerprint density at radius 1 is 1.08 bits per heavy atom. The summed E-state index contributed by atoms with van der Waals surface area (Å²) in [4.78, 5) is 17.3. The fourth-order valence-corrected chi connectivity index (χ4v) is 4.33. The van der Waals surface area contributed by atoms with Gasteiger partial charge >= 0.3 is 0 Å². The molecule has 0 radical (unpaired) electrons. The second-order valence-electron chi connectivity index (χ2n) is 4.95. The number of hydrazine groups is 1. The molecule has 2 aromatic carbocycles. The van der Waals surface area contributed by atoms with E-state index in [4.69, 9.17) is 34.8 Å². The molecule has 0 saturated carbocycles. The summed E-state index contributed by atoms with van der Waals surface area (Å²) in [6.45, 7) is 0. The van der Waals surface area contributed by atoms with Crippen molar-refractivity contribution in [3.05, 3.63) is 51.5 Å². The van der Waals surface area contributed by atoms with E-state index < -0.39 is 0 Å². The van der Waals surface area contributed by atoms with Gasteiger partial charge in [0.2, 0.25) is 11.0 Å². The molecule has 0 fully saturated rings. The standard InChI is InChI=1S/C16H12Cl3N3OS2/c17-9-1-3-10(4-2-9)24-8-7-13(23)21-22-16-20-14-11(18)5-6-12(19)15(14)25-16/h1-6H,7-8H2,(H,20,22)(H,21,23). The van der Waals surface area contributed by atoms with Crippen molar-refractivity contribution >= 4 is 79.2 Å². The molecule has 0 aliphatic rings. The summed E-state index contributed by atoms with van der Waals surface area (Å²) < 4.78 is 0.782. The van der Waals surface area contributed by atoms with Gasteiger partial charge in [0.05, 0.1) is 14.7 Å². The molecule has 0 atom stereocenters. The molecule has 25 heavy (non-hydrogen) atoms. The van der Waals surface area contributed by atoms with Crippen LogP contribution in [0.2, 0.25) is 15.1 Å². The van der Waals surface area contributed by atoms with E-state index in [-0.39, 0.29) is 5.91 Å². The van der Waals surface area contributed by atoms with Crippen molar-refractivity contribution in [3.63, 3.8) is 0 Å². The maximum absolute atomic E-state index is 11.9. The number of rotatable bonds is 6. The number of benzene rings is 2. The third-order valence-corrected chi connectivity index (χ3v) is 6.17. The summed E-state index contributed by atoms with van der Waals surface area (Å²) >= 11 is 21.0. The first kappa shape index (κ1) is 18.6. The van der Waals surface area contributed by atoms with Crippen LogP contribution >= 0.6 is 57.9 Å². The second-order valence-corrected chi connectivity index (χ2v) is 8.37. The van der Waals surface area contributed by atoms with Crippen LogP contribution in [-0.4, -0.2) is 16.6 Å². The minimum Gasteiger partial charge on any atom is -0.273 e. The molecule has 0 saturated heterocycles. The number of thioether (sulfide) groups is 1. The van der Waals surface area contributed by atoms with E-state index in [1.165, 1.54) is 11.3 Å². The van der Waals surface area contributed by atoms with Gasteiger partial charge in [-0.05, 0) is 36.4 Å². The fourth-order valence-electron chi connectivity index (χ4n) is 1.98. The Morgan fingerprint density at radius 3 is 2.52 bits per heavy atom. The summed E-state index contributed by atoms with van der Waals surface area (Å²) in [5.74, 6) is 0.532. The lowest BCUT2D eigenvalue weighted by Crippen LogP contribution is -2.29. The molecule has 0 bridgehead atoms. The average Bonchev–Trinajstić information content (AvgIpc) is 3.04. The number of amides is 1. The van der Waals surface area contributed by atoms with Crippen molar-refractivity contribution < 1.29 is 4.79 Å².